The fourth-order valence-corrected chi connectivity index (χ4v) is 5.25. The predicted molar refractivity (Wildman–Crippen MR) is 143 cm³/mol. The molecule has 0 radical (unpaired) electrons. The summed E-state index contributed by atoms with van der Waals surface area (Å²) < 4.78 is 10.8. The Morgan fingerprint density at radius 2 is 1.62 bits per heavy atom. The van der Waals surface area contributed by atoms with Crippen LogP contribution in [-0.2, 0) is 9.59 Å². The molecule has 0 aromatic heterocycles. The van der Waals surface area contributed by atoms with Crippen molar-refractivity contribution in [1.82, 2.24) is 5.32 Å². The molecule has 8 heteroatoms. The summed E-state index contributed by atoms with van der Waals surface area (Å²) in [6, 6.07) is 26.5. The number of ether oxygens (including phenoxy) is 2. The van der Waals surface area contributed by atoms with Gasteiger partial charge in [0.25, 0.3) is 11.8 Å². The van der Waals surface area contributed by atoms with Crippen molar-refractivity contribution >= 4 is 46.0 Å². The number of para-hydroxylation sites is 3. The van der Waals surface area contributed by atoms with E-state index in [9.17, 15) is 14.4 Å². The third-order valence-corrected chi connectivity index (χ3v) is 7.18. The number of carbonyl (C=O) groups excluding carboxylic acids is 3. The van der Waals surface area contributed by atoms with Gasteiger partial charge in [-0.15, -0.1) is 11.8 Å². The SMILES string of the molecule is COc1ccccc1OC(=O)CN1C(=O)C(NC(=O)c2ccc3ccccc3c2)CSc2ccccc21. The van der Waals surface area contributed by atoms with Crippen molar-refractivity contribution in [3.63, 3.8) is 0 Å². The van der Waals surface area contributed by atoms with Crippen LogP contribution in [-0.4, -0.2) is 43.2 Å². The molecule has 0 fully saturated rings. The van der Waals surface area contributed by atoms with Gasteiger partial charge in [-0.25, -0.2) is 4.79 Å². The third-order valence-electron chi connectivity index (χ3n) is 6.02. The van der Waals surface area contributed by atoms with Crippen molar-refractivity contribution in [2.24, 2.45) is 0 Å². The second-order valence-electron chi connectivity index (χ2n) is 8.42. The van der Waals surface area contributed by atoms with Gasteiger partial charge in [0.1, 0.15) is 12.6 Å². The molecule has 7 nitrogen and oxygen atoms in total. The molecule has 1 atom stereocenters. The summed E-state index contributed by atoms with van der Waals surface area (Å²) in [4.78, 5) is 41.9. The normalized spacial score (nSPS) is 15.0. The van der Waals surface area contributed by atoms with Gasteiger partial charge < -0.3 is 14.8 Å². The van der Waals surface area contributed by atoms with Gasteiger partial charge >= 0.3 is 5.97 Å². The highest BCUT2D eigenvalue weighted by Gasteiger charge is 2.33. The molecule has 1 aliphatic heterocycles. The minimum atomic E-state index is -0.838. The number of fused-ring (bicyclic) bond motifs is 2. The highest BCUT2D eigenvalue weighted by molar-refractivity contribution is 7.99. The second kappa shape index (κ2) is 10.8. The Morgan fingerprint density at radius 3 is 2.43 bits per heavy atom. The first kappa shape index (κ1) is 24.4. The van der Waals surface area contributed by atoms with Crippen LogP contribution in [0.1, 0.15) is 10.4 Å². The molecule has 0 bridgehead atoms. The van der Waals surface area contributed by atoms with Gasteiger partial charge in [0, 0.05) is 16.2 Å². The number of thioether (sulfide) groups is 1. The van der Waals surface area contributed by atoms with Gasteiger partial charge in [-0.3, -0.25) is 14.5 Å². The Morgan fingerprint density at radius 1 is 0.919 bits per heavy atom. The van der Waals surface area contributed by atoms with E-state index in [1.807, 2.05) is 42.5 Å². The molecule has 0 aliphatic carbocycles. The van der Waals surface area contributed by atoms with Crippen molar-refractivity contribution in [3.05, 3.63) is 96.6 Å². The van der Waals surface area contributed by atoms with Crippen LogP contribution in [0.3, 0.4) is 0 Å². The third kappa shape index (κ3) is 5.29. The number of amides is 2. The Bertz CT molecular complexity index is 1490. The lowest BCUT2D eigenvalue weighted by Crippen LogP contribution is -2.51. The average molecular weight is 513 g/mol. The van der Waals surface area contributed by atoms with Crippen molar-refractivity contribution in [3.8, 4) is 11.5 Å². The Balaban J connectivity index is 1.37. The molecular weight excluding hydrogens is 488 g/mol. The summed E-state index contributed by atoms with van der Waals surface area (Å²) >= 11 is 1.45. The molecule has 1 unspecified atom stereocenters. The van der Waals surface area contributed by atoms with E-state index >= 15 is 0 Å². The zero-order valence-electron chi connectivity index (χ0n) is 20.0. The number of esters is 1. The first-order valence-electron chi connectivity index (χ1n) is 11.7. The smallest absolute Gasteiger partial charge is 0.331 e. The van der Waals surface area contributed by atoms with Crippen LogP contribution in [0.25, 0.3) is 10.8 Å². The van der Waals surface area contributed by atoms with Crippen molar-refractivity contribution in [2.45, 2.75) is 10.9 Å². The molecule has 1 N–H and O–H groups in total. The number of nitrogens with zero attached hydrogens (tertiary/aromatic N) is 1. The Kier molecular flexibility index (Phi) is 7.09. The number of carbonyl (C=O) groups is 3. The van der Waals surface area contributed by atoms with Gasteiger partial charge in [0.2, 0.25) is 0 Å². The summed E-state index contributed by atoms with van der Waals surface area (Å²) in [5.74, 6) is -0.363. The fourth-order valence-electron chi connectivity index (χ4n) is 4.18. The van der Waals surface area contributed by atoms with Gasteiger partial charge in [-0.2, -0.15) is 0 Å². The maximum Gasteiger partial charge on any atom is 0.331 e. The van der Waals surface area contributed by atoms with Crippen LogP contribution in [0.5, 0.6) is 11.5 Å². The van der Waals surface area contributed by atoms with Crippen LogP contribution < -0.4 is 19.7 Å². The molecular formula is C29H24N2O5S. The van der Waals surface area contributed by atoms with E-state index < -0.39 is 12.0 Å². The van der Waals surface area contributed by atoms with Gasteiger partial charge in [0.15, 0.2) is 11.5 Å². The van der Waals surface area contributed by atoms with Gasteiger partial charge in [-0.05, 0) is 47.2 Å². The molecule has 186 valence electrons. The maximum absolute atomic E-state index is 13.7. The van der Waals surface area contributed by atoms with Crippen LogP contribution in [0.4, 0.5) is 5.69 Å². The second-order valence-corrected chi connectivity index (χ2v) is 9.48. The minimum absolute atomic E-state index is 0.265. The van der Waals surface area contributed by atoms with E-state index in [1.54, 1.807) is 48.5 Å². The summed E-state index contributed by atoms with van der Waals surface area (Å²) in [7, 11) is 1.49. The summed E-state index contributed by atoms with van der Waals surface area (Å²) in [6.45, 7) is -0.323. The van der Waals surface area contributed by atoms with Crippen LogP contribution in [0, 0.1) is 0 Å². The zero-order valence-corrected chi connectivity index (χ0v) is 20.9. The first-order valence-corrected chi connectivity index (χ1v) is 12.7. The number of benzene rings is 4. The summed E-state index contributed by atoms with van der Waals surface area (Å²) in [5.41, 5.74) is 1.05. The zero-order chi connectivity index (χ0) is 25.8. The van der Waals surface area contributed by atoms with Crippen molar-refractivity contribution in [1.29, 1.82) is 0 Å². The molecule has 37 heavy (non-hydrogen) atoms. The van der Waals surface area contributed by atoms with Crippen molar-refractivity contribution < 1.29 is 23.9 Å². The quantitative estimate of drug-likeness (QED) is 0.298. The summed E-state index contributed by atoms with van der Waals surface area (Å²) in [6.07, 6.45) is 0. The van der Waals surface area contributed by atoms with E-state index in [0.29, 0.717) is 22.8 Å². The molecule has 2 amide bonds. The van der Waals surface area contributed by atoms with Gasteiger partial charge in [0.05, 0.1) is 12.8 Å². The fraction of sp³-hybridized carbons (Fsp3) is 0.138. The summed E-state index contributed by atoms with van der Waals surface area (Å²) in [5, 5.41) is 4.83. The van der Waals surface area contributed by atoms with Gasteiger partial charge in [-0.1, -0.05) is 54.6 Å². The van der Waals surface area contributed by atoms with Crippen LogP contribution in [0.15, 0.2) is 95.9 Å². The molecule has 4 aromatic rings. The lowest BCUT2D eigenvalue weighted by molar-refractivity contribution is -0.134. The van der Waals surface area contributed by atoms with E-state index in [1.165, 1.54) is 23.8 Å². The predicted octanol–water partition coefficient (Wildman–Crippen LogP) is 4.69. The largest absolute Gasteiger partial charge is 0.493 e. The van der Waals surface area contributed by atoms with Crippen LogP contribution >= 0.6 is 11.8 Å². The molecule has 1 aliphatic rings. The Hall–Kier alpha value is -4.30. The Labute approximate surface area is 218 Å². The number of hydrogen-bond donors (Lipinski definition) is 1. The number of rotatable bonds is 6. The standard InChI is InChI=1S/C29H24N2O5S/c1-35-24-11-5-6-12-25(24)36-27(32)17-31-23-10-4-7-13-26(23)37-18-22(29(31)34)30-28(33)21-15-14-19-8-2-3-9-20(19)16-21/h2-16,22H,17-18H2,1H3,(H,30,33). The van der Waals surface area contributed by atoms with E-state index in [0.717, 1.165) is 15.7 Å². The molecule has 0 spiro atoms. The molecule has 5 rings (SSSR count). The van der Waals surface area contributed by atoms with E-state index in [-0.39, 0.29) is 24.1 Å². The number of hydrogen-bond acceptors (Lipinski definition) is 6. The van der Waals surface area contributed by atoms with E-state index in [2.05, 4.69) is 5.32 Å². The molecule has 4 aromatic carbocycles. The highest BCUT2D eigenvalue weighted by Crippen LogP contribution is 2.34. The highest BCUT2D eigenvalue weighted by atomic mass is 32.2. The molecule has 0 saturated carbocycles. The topological polar surface area (TPSA) is 84.9 Å². The van der Waals surface area contributed by atoms with Crippen LogP contribution in [0.2, 0.25) is 0 Å². The minimum Gasteiger partial charge on any atom is -0.493 e. The van der Waals surface area contributed by atoms with Crippen molar-refractivity contribution in [2.75, 3.05) is 24.3 Å². The van der Waals surface area contributed by atoms with E-state index in [4.69, 9.17) is 9.47 Å². The number of anilines is 1. The molecule has 1 heterocycles. The lowest BCUT2D eigenvalue weighted by atomic mass is 10.1. The number of nitrogens with one attached hydrogen (secondary N) is 1. The first-order chi connectivity index (χ1) is 18.0. The monoisotopic (exact) mass is 512 g/mol. The number of methoxy groups -OCH3 is 1. The maximum atomic E-state index is 13.7. The lowest BCUT2D eigenvalue weighted by Gasteiger charge is -2.25. The average Bonchev–Trinajstić information content (AvgIpc) is 3.05. The molecule has 0 saturated heterocycles.